The molecule has 1 fully saturated rings. The summed E-state index contributed by atoms with van der Waals surface area (Å²) < 4.78 is 0. The van der Waals surface area contributed by atoms with Crippen LogP contribution in [0.2, 0.25) is 0 Å². The van der Waals surface area contributed by atoms with E-state index in [-0.39, 0.29) is 30.2 Å². The summed E-state index contributed by atoms with van der Waals surface area (Å²) in [5, 5.41) is 3.22. The minimum absolute atomic E-state index is 0.00344. The molecule has 0 radical (unpaired) electrons. The summed E-state index contributed by atoms with van der Waals surface area (Å²) in [6.45, 7) is 2.53. The third kappa shape index (κ3) is 5.02. The lowest BCUT2D eigenvalue weighted by Gasteiger charge is -2.22. The van der Waals surface area contributed by atoms with E-state index in [0.29, 0.717) is 13.0 Å². The molecule has 2 atom stereocenters. The highest BCUT2D eigenvalue weighted by atomic mass is 16.2. The van der Waals surface area contributed by atoms with Gasteiger partial charge in [0.2, 0.25) is 11.8 Å². The van der Waals surface area contributed by atoms with Crippen molar-refractivity contribution in [3.63, 3.8) is 0 Å². The largest absolute Gasteiger partial charge is 0.349 e. The Bertz CT molecular complexity index is 1020. The van der Waals surface area contributed by atoms with Crippen LogP contribution in [0.1, 0.15) is 36.1 Å². The Morgan fingerprint density at radius 2 is 1.58 bits per heavy atom. The first kappa shape index (κ1) is 20.9. The van der Waals surface area contributed by atoms with Gasteiger partial charge in [-0.1, -0.05) is 79.7 Å². The molecule has 1 aliphatic heterocycles. The van der Waals surface area contributed by atoms with E-state index in [9.17, 15) is 9.59 Å². The topological polar surface area (TPSA) is 49.4 Å². The zero-order chi connectivity index (χ0) is 21.6. The van der Waals surface area contributed by atoms with Crippen molar-refractivity contribution in [2.75, 3.05) is 11.4 Å². The van der Waals surface area contributed by atoms with E-state index in [1.165, 1.54) is 5.56 Å². The predicted octanol–water partition coefficient (Wildman–Crippen LogP) is 4.70. The van der Waals surface area contributed by atoms with Crippen molar-refractivity contribution in [1.82, 2.24) is 5.32 Å². The summed E-state index contributed by atoms with van der Waals surface area (Å²) in [7, 11) is 0. The van der Waals surface area contributed by atoms with Crippen LogP contribution in [0.5, 0.6) is 0 Å². The van der Waals surface area contributed by atoms with Gasteiger partial charge in [0.05, 0.1) is 12.0 Å². The molecule has 3 aromatic rings. The summed E-state index contributed by atoms with van der Waals surface area (Å²) in [6, 6.07) is 28.1. The Balaban J connectivity index is 1.47. The molecule has 1 heterocycles. The van der Waals surface area contributed by atoms with Gasteiger partial charge >= 0.3 is 0 Å². The number of amides is 2. The highest BCUT2D eigenvalue weighted by molar-refractivity contribution is 6.00. The maximum absolute atomic E-state index is 13.2. The van der Waals surface area contributed by atoms with Crippen molar-refractivity contribution in [2.45, 2.75) is 32.2 Å². The number of nitrogens with one attached hydrogen (secondary N) is 1. The van der Waals surface area contributed by atoms with E-state index >= 15 is 0 Å². The van der Waals surface area contributed by atoms with Crippen LogP contribution in [0.3, 0.4) is 0 Å². The highest BCUT2D eigenvalue weighted by Gasteiger charge is 2.36. The number of nitrogens with zero attached hydrogens (tertiary/aromatic N) is 1. The smallest absolute Gasteiger partial charge is 0.227 e. The van der Waals surface area contributed by atoms with Crippen LogP contribution in [-0.2, 0) is 22.4 Å². The molecule has 0 saturated carbocycles. The van der Waals surface area contributed by atoms with Crippen LogP contribution in [-0.4, -0.2) is 18.4 Å². The first-order valence-corrected chi connectivity index (χ1v) is 10.9. The zero-order valence-corrected chi connectivity index (χ0v) is 17.8. The van der Waals surface area contributed by atoms with Crippen LogP contribution in [0, 0.1) is 5.92 Å². The lowest BCUT2D eigenvalue weighted by atomic mass is 9.97. The van der Waals surface area contributed by atoms with Crippen LogP contribution < -0.4 is 10.2 Å². The maximum Gasteiger partial charge on any atom is 0.227 e. The van der Waals surface area contributed by atoms with E-state index in [1.807, 2.05) is 72.8 Å². The van der Waals surface area contributed by atoms with Gasteiger partial charge in [-0.2, -0.15) is 0 Å². The summed E-state index contributed by atoms with van der Waals surface area (Å²) >= 11 is 0. The van der Waals surface area contributed by atoms with Gasteiger partial charge in [0.15, 0.2) is 0 Å². The van der Waals surface area contributed by atoms with Crippen molar-refractivity contribution in [3.8, 4) is 0 Å². The van der Waals surface area contributed by atoms with Gasteiger partial charge in [-0.3, -0.25) is 9.59 Å². The van der Waals surface area contributed by atoms with E-state index in [4.69, 9.17) is 0 Å². The number of aryl methyl sites for hydroxylation is 1. The summed E-state index contributed by atoms with van der Waals surface area (Å²) in [4.78, 5) is 27.5. The van der Waals surface area contributed by atoms with Crippen LogP contribution >= 0.6 is 0 Å². The molecular formula is C27H28N2O2. The number of benzene rings is 3. The van der Waals surface area contributed by atoms with Crippen molar-refractivity contribution in [3.05, 3.63) is 102 Å². The molecule has 1 aliphatic rings. The van der Waals surface area contributed by atoms with Gasteiger partial charge in [-0.15, -0.1) is 0 Å². The first-order valence-electron chi connectivity index (χ1n) is 10.9. The van der Waals surface area contributed by atoms with Gasteiger partial charge in [0, 0.05) is 18.7 Å². The van der Waals surface area contributed by atoms with E-state index < -0.39 is 0 Å². The molecule has 0 aromatic heterocycles. The average molecular weight is 413 g/mol. The monoisotopic (exact) mass is 412 g/mol. The minimum atomic E-state index is -0.347. The molecule has 31 heavy (non-hydrogen) atoms. The number of carbonyl (C=O) groups is 2. The molecule has 158 valence electrons. The second-order valence-electron chi connectivity index (χ2n) is 8.09. The number of anilines is 1. The van der Waals surface area contributed by atoms with Crippen LogP contribution in [0.4, 0.5) is 5.69 Å². The van der Waals surface area contributed by atoms with Crippen LogP contribution in [0.15, 0.2) is 84.9 Å². The fourth-order valence-electron chi connectivity index (χ4n) is 4.12. The SMILES string of the molecule is CCc1ccc(N2C[C@@H](C(=O)N[C@H](Cc3ccccc3)c3ccccc3)CC2=O)cc1. The number of rotatable bonds is 7. The Morgan fingerprint density at radius 1 is 0.935 bits per heavy atom. The first-order chi connectivity index (χ1) is 15.1. The van der Waals surface area contributed by atoms with Crippen molar-refractivity contribution in [1.29, 1.82) is 0 Å². The van der Waals surface area contributed by atoms with E-state index in [1.54, 1.807) is 4.90 Å². The molecule has 0 unspecified atom stereocenters. The normalized spacial score (nSPS) is 16.9. The molecule has 4 heteroatoms. The highest BCUT2D eigenvalue weighted by Crippen LogP contribution is 2.27. The van der Waals surface area contributed by atoms with Gasteiger partial charge in [-0.25, -0.2) is 0 Å². The molecular weight excluding hydrogens is 384 g/mol. The lowest BCUT2D eigenvalue weighted by molar-refractivity contribution is -0.127. The fraction of sp³-hybridized carbons (Fsp3) is 0.259. The predicted molar refractivity (Wildman–Crippen MR) is 124 cm³/mol. The van der Waals surface area contributed by atoms with Crippen molar-refractivity contribution < 1.29 is 9.59 Å². The third-order valence-electron chi connectivity index (χ3n) is 5.95. The van der Waals surface area contributed by atoms with E-state index in [2.05, 4.69) is 24.4 Å². The van der Waals surface area contributed by atoms with Crippen molar-refractivity contribution >= 4 is 17.5 Å². The molecule has 1 N–H and O–H groups in total. The van der Waals surface area contributed by atoms with Gasteiger partial charge < -0.3 is 10.2 Å². The zero-order valence-electron chi connectivity index (χ0n) is 17.8. The molecule has 0 bridgehead atoms. The van der Waals surface area contributed by atoms with Gasteiger partial charge in [0.25, 0.3) is 0 Å². The Morgan fingerprint density at radius 3 is 2.23 bits per heavy atom. The molecule has 0 spiro atoms. The quantitative estimate of drug-likeness (QED) is 0.611. The summed E-state index contributed by atoms with van der Waals surface area (Å²) in [6.07, 6.45) is 1.91. The van der Waals surface area contributed by atoms with Gasteiger partial charge in [0.1, 0.15) is 0 Å². The molecule has 3 aromatic carbocycles. The molecule has 0 aliphatic carbocycles. The Kier molecular flexibility index (Phi) is 6.46. The molecule has 1 saturated heterocycles. The maximum atomic E-state index is 13.2. The average Bonchev–Trinajstić information content (AvgIpc) is 3.21. The molecule has 4 rings (SSSR count). The number of carbonyl (C=O) groups excluding carboxylic acids is 2. The Labute approximate surface area is 183 Å². The second kappa shape index (κ2) is 9.61. The summed E-state index contributed by atoms with van der Waals surface area (Å²) in [5.74, 6) is -0.408. The summed E-state index contributed by atoms with van der Waals surface area (Å²) in [5.41, 5.74) is 4.32. The fourth-order valence-corrected chi connectivity index (χ4v) is 4.12. The second-order valence-corrected chi connectivity index (χ2v) is 8.09. The molecule has 4 nitrogen and oxygen atoms in total. The Hall–Kier alpha value is -3.40. The van der Waals surface area contributed by atoms with Gasteiger partial charge in [-0.05, 0) is 41.7 Å². The number of hydrogen-bond acceptors (Lipinski definition) is 2. The third-order valence-corrected chi connectivity index (χ3v) is 5.95. The molecule has 2 amide bonds. The van der Waals surface area contributed by atoms with Crippen molar-refractivity contribution in [2.24, 2.45) is 5.92 Å². The lowest BCUT2D eigenvalue weighted by Crippen LogP contribution is -2.36. The van der Waals surface area contributed by atoms with Crippen LogP contribution in [0.25, 0.3) is 0 Å². The standard InChI is InChI=1S/C27H28N2O2/c1-2-20-13-15-24(16-14-20)29-19-23(18-26(29)30)27(31)28-25(22-11-7-4-8-12-22)17-21-9-5-3-6-10-21/h3-16,23,25H,2,17-19H2,1H3,(H,28,31)/t23-,25+/m0/s1. The van der Waals surface area contributed by atoms with E-state index in [0.717, 1.165) is 23.2 Å². The number of hydrogen-bond donors (Lipinski definition) is 1. The minimum Gasteiger partial charge on any atom is -0.349 e.